The summed E-state index contributed by atoms with van der Waals surface area (Å²) in [5.41, 5.74) is 1.77. The first-order chi connectivity index (χ1) is 14.7. The minimum absolute atomic E-state index is 0.0132. The van der Waals surface area contributed by atoms with E-state index in [0.717, 1.165) is 24.2 Å². The quantitative estimate of drug-likeness (QED) is 0.613. The van der Waals surface area contributed by atoms with Crippen molar-refractivity contribution in [2.24, 2.45) is 0 Å². The van der Waals surface area contributed by atoms with Crippen LogP contribution in [0, 0.1) is 5.82 Å². The lowest BCUT2D eigenvalue weighted by molar-refractivity contribution is -0.134. The van der Waals surface area contributed by atoms with Gasteiger partial charge in [-0.15, -0.1) is 0 Å². The molecule has 1 aliphatic rings. The number of benzene rings is 2. The topological polar surface area (TPSA) is 67.4 Å². The fourth-order valence-electron chi connectivity index (χ4n) is 3.63. The summed E-state index contributed by atoms with van der Waals surface area (Å²) in [4.78, 5) is 14.5. The molecule has 2 aromatic carbocycles. The molecule has 1 aliphatic heterocycles. The zero-order valence-corrected chi connectivity index (χ0v) is 16.6. The first-order valence-electron chi connectivity index (χ1n) is 10.1. The number of halogens is 1. The average molecular weight is 409 g/mol. The van der Waals surface area contributed by atoms with E-state index >= 15 is 0 Å². The van der Waals surface area contributed by atoms with Crippen molar-refractivity contribution in [3.63, 3.8) is 0 Å². The van der Waals surface area contributed by atoms with Crippen LogP contribution in [0.15, 0.2) is 60.7 Å². The second-order valence-corrected chi connectivity index (χ2v) is 7.22. The largest absolute Gasteiger partial charge is 0.493 e. The molecule has 156 valence electrons. The number of carbonyl (C=O) groups excluding carboxylic acids is 1. The van der Waals surface area contributed by atoms with E-state index in [0.29, 0.717) is 31.1 Å². The molecule has 1 saturated heterocycles. The summed E-state index contributed by atoms with van der Waals surface area (Å²) in [5, 5.41) is 7.44. The van der Waals surface area contributed by atoms with Crippen LogP contribution in [0.2, 0.25) is 0 Å². The van der Waals surface area contributed by atoms with Crippen molar-refractivity contribution in [3.8, 4) is 11.5 Å². The second-order valence-electron chi connectivity index (χ2n) is 7.22. The molecule has 2 heterocycles. The number of nitrogens with one attached hydrogen (secondary N) is 1. The Morgan fingerprint density at radius 1 is 1.10 bits per heavy atom. The fraction of sp³-hybridized carbons (Fsp3) is 0.304. The number of likely N-dealkylation sites (tertiary alicyclic amines) is 1. The summed E-state index contributed by atoms with van der Waals surface area (Å²) in [7, 11) is 0. The zero-order chi connectivity index (χ0) is 20.8. The van der Waals surface area contributed by atoms with Crippen LogP contribution in [-0.4, -0.2) is 40.8 Å². The summed E-state index contributed by atoms with van der Waals surface area (Å²) in [6, 6.07) is 17.3. The Kier molecular flexibility index (Phi) is 6.27. The van der Waals surface area contributed by atoms with Gasteiger partial charge in [0.25, 0.3) is 5.91 Å². The van der Waals surface area contributed by atoms with Crippen molar-refractivity contribution in [2.45, 2.75) is 25.3 Å². The number of ether oxygens (including phenoxy) is 2. The first-order valence-corrected chi connectivity index (χ1v) is 10.1. The van der Waals surface area contributed by atoms with Gasteiger partial charge in [0, 0.05) is 24.7 Å². The Morgan fingerprint density at radius 2 is 1.93 bits per heavy atom. The molecule has 1 amide bonds. The average Bonchev–Trinajstić information content (AvgIpc) is 3.42. The van der Waals surface area contributed by atoms with Crippen molar-refractivity contribution in [3.05, 3.63) is 77.9 Å². The molecule has 0 radical (unpaired) electrons. The molecule has 0 saturated carbocycles. The number of aromatic amines is 1. The summed E-state index contributed by atoms with van der Waals surface area (Å²) < 4.78 is 24.4. The van der Waals surface area contributed by atoms with Crippen LogP contribution in [0.4, 0.5) is 4.39 Å². The van der Waals surface area contributed by atoms with Crippen molar-refractivity contribution in [1.29, 1.82) is 0 Å². The van der Waals surface area contributed by atoms with Gasteiger partial charge in [-0.25, -0.2) is 4.39 Å². The molecule has 1 atom stereocenters. The highest BCUT2D eigenvalue weighted by molar-refractivity contribution is 5.78. The molecular formula is C23H24FN3O3. The number of H-pyrrole nitrogens is 1. The van der Waals surface area contributed by atoms with Gasteiger partial charge in [-0.3, -0.25) is 9.89 Å². The first kappa shape index (κ1) is 19.9. The summed E-state index contributed by atoms with van der Waals surface area (Å²) in [6.07, 6.45) is 2.43. The lowest BCUT2D eigenvalue weighted by Gasteiger charge is -2.23. The van der Waals surface area contributed by atoms with Gasteiger partial charge >= 0.3 is 0 Å². The molecule has 30 heavy (non-hydrogen) atoms. The van der Waals surface area contributed by atoms with Crippen LogP contribution in [0.25, 0.3) is 0 Å². The van der Waals surface area contributed by atoms with E-state index in [9.17, 15) is 9.18 Å². The van der Waals surface area contributed by atoms with E-state index in [1.54, 1.807) is 12.1 Å². The van der Waals surface area contributed by atoms with Crippen molar-refractivity contribution in [1.82, 2.24) is 15.1 Å². The normalized spacial score (nSPS) is 15.9. The molecule has 6 nitrogen and oxygen atoms in total. The van der Waals surface area contributed by atoms with Gasteiger partial charge in [-0.1, -0.05) is 24.3 Å². The number of para-hydroxylation sites is 1. The molecule has 3 aromatic rings. The highest BCUT2D eigenvalue weighted by atomic mass is 19.1. The fourth-order valence-corrected chi connectivity index (χ4v) is 3.63. The number of amides is 1. The van der Waals surface area contributed by atoms with Crippen LogP contribution < -0.4 is 9.47 Å². The molecule has 0 spiro atoms. The van der Waals surface area contributed by atoms with Gasteiger partial charge in [0.05, 0.1) is 18.3 Å². The zero-order valence-electron chi connectivity index (χ0n) is 16.6. The maximum atomic E-state index is 13.2. The Bertz CT molecular complexity index is 977. The summed E-state index contributed by atoms with van der Waals surface area (Å²) in [5.74, 6) is 0.821. The predicted octanol–water partition coefficient (Wildman–Crippen LogP) is 3.91. The number of carbonyl (C=O) groups is 1. The number of rotatable bonds is 8. The lowest BCUT2D eigenvalue weighted by atomic mass is 10.1. The predicted molar refractivity (Wildman–Crippen MR) is 110 cm³/mol. The Balaban J connectivity index is 1.30. The van der Waals surface area contributed by atoms with Gasteiger partial charge in [-0.2, -0.15) is 5.10 Å². The minimum Gasteiger partial charge on any atom is -0.493 e. The highest BCUT2D eigenvalue weighted by Crippen LogP contribution is 2.31. The molecule has 4 rings (SSSR count). The standard InChI is InChI=1S/C23H24FN3O3/c24-17-6-4-9-20(14-17)29-13-11-18-15-21(26-25-18)22-10-5-12-27(22)23(28)16-30-19-7-2-1-3-8-19/h1-4,6-9,14-15,22H,5,10-13,16H2,(H,25,26). The molecule has 1 unspecified atom stereocenters. The summed E-state index contributed by atoms with van der Waals surface area (Å²) >= 11 is 0. The van der Waals surface area contributed by atoms with E-state index in [4.69, 9.17) is 9.47 Å². The van der Waals surface area contributed by atoms with Gasteiger partial charge in [0.2, 0.25) is 0 Å². The third-order valence-electron chi connectivity index (χ3n) is 5.11. The van der Waals surface area contributed by atoms with Crippen molar-refractivity contribution < 1.29 is 18.7 Å². The third kappa shape index (κ3) is 4.97. The van der Waals surface area contributed by atoms with E-state index in [-0.39, 0.29) is 24.4 Å². The SMILES string of the molecule is O=C(COc1ccccc1)N1CCCC1c1cc(CCOc2cccc(F)c2)[nH]n1. The maximum absolute atomic E-state index is 13.2. The highest BCUT2D eigenvalue weighted by Gasteiger charge is 2.31. The van der Waals surface area contributed by atoms with Crippen LogP contribution in [0.1, 0.15) is 30.3 Å². The monoisotopic (exact) mass is 409 g/mol. The van der Waals surface area contributed by atoms with Crippen LogP contribution in [-0.2, 0) is 11.2 Å². The van der Waals surface area contributed by atoms with Crippen molar-refractivity contribution >= 4 is 5.91 Å². The number of hydrogen-bond acceptors (Lipinski definition) is 4. The molecule has 1 N–H and O–H groups in total. The Morgan fingerprint density at radius 3 is 2.77 bits per heavy atom. The number of hydrogen-bond donors (Lipinski definition) is 1. The Hall–Kier alpha value is -3.35. The van der Waals surface area contributed by atoms with E-state index in [1.807, 2.05) is 41.3 Å². The van der Waals surface area contributed by atoms with Crippen LogP contribution in [0.5, 0.6) is 11.5 Å². The van der Waals surface area contributed by atoms with E-state index in [1.165, 1.54) is 12.1 Å². The van der Waals surface area contributed by atoms with E-state index in [2.05, 4.69) is 10.2 Å². The van der Waals surface area contributed by atoms with Crippen LogP contribution >= 0.6 is 0 Å². The molecular weight excluding hydrogens is 385 g/mol. The third-order valence-corrected chi connectivity index (χ3v) is 5.11. The molecule has 1 fully saturated rings. The Labute approximate surface area is 174 Å². The van der Waals surface area contributed by atoms with Crippen molar-refractivity contribution in [2.75, 3.05) is 19.8 Å². The molecule has 7 heteroatoms. The van der Waals surface area contributed by atoms with E-state index < -0.39 is 0 Å². The molecule has 0 aliphatic carbocycles. The molecule has 1 aromatic heterocycles. The van der Waals surface area contributed by atoms with Gasteiger partial charge in [0.15, 0.2) is 6.61 Å². The van der Waals surface area contributed by atoms with Gasteiger partial charge < -0.3 is 14.4 Å². The maximum Gasteiger partial charge on any atom is 0.261 e. The smallest absolute Gasteiger partial charge is 0.261 e. The lowest BCUT2D eigenvalue weighted by Crippen LogP contribution is -2.34. The van der Waals surface area contributed by atoms with Gasteiger partial charge in [-0.05, 0) is 43.2 Å². The second kappa shape index (κ2) is 9.43. The van der Waals surface area contributed by atoms with Gasteiger partial charge in [0.1, 0.15) is 17.3 Å². The minimum atomic E-state index is -0.321. The number of aromatic nitrogens is 2. The summed E-state index contributed by atoms with van der Waals surface area (Å²) in [6.45, 7) is 1.12. The molecule has 0 bridgehead atoms. The van der Waals surface area contributed by atoms with Crippen LogP contribution in [0.3, 0.4) is 0 Å². The number of nitrogens with zero attached hydrogens (tertiary/aromatic N) is 2.